The number of amides is 1. The van der Waals surface area contributed by atoms with Crippen molar-refractivity contribution in [2.24, 2.45) is 4.99 Å². The Morgan fingerprint density at radius 1 is 1.23 bits per heavy atom. The van der Waals surface area contributed by atoms with Crippen LogP contribution in [0.3, 0.4) is 0 Å². The minimum atomic E-state index is -0.0335. The predicted molar refractivity (Wildman–Crippen MR) is 103 cm³/mol. The Balaban J connectivity index is 2.40. The number of hydrogen-bond acceptors (Lipinski definition) is 5. The van der Waals surface area contributed by atoms with Crippen LogP contribution < -0.4 is 10.6 Å². The Kier molecular flexibility index (Phi) is 11.1. The first-order chi connectivity index (χ1) is 12.5. The summed E-state index contributed by atoms with van der Waals surface area (Å²) in [7, 11) is 7.25. The molecule has 26 heavy (non-hydrogen) atoms. The summed E-state index contributed by atoms with van der Waals surface area (Å²) in [5, 5.41) is 6.53. The van der Waals surface area contributed by atoms with Crippen molar-refractivity contribution in [1.82, 2.24) is 20.4 Å². The number of carbonyl (C=O) groups is 1. The smallest absolute Gasteiger partial charge is 0.243 e. The molecule has 0 aliphatic rings. The van der Waals surface area contributed by atoms with Gasteiger partial charge < -0.3 is 29.6 Å². The molecule has 1 aromatic heterocycles. The number of methoxy groups -OCH3 is 1. The Morgan fingerprint density at radius 2 is 2.00 bits per heavy atom. The van der Waals surface area contributed by atoms with Crippen molar-refractivity contribution in [1.29, 1.82) is 0 Å². The number of likely N-dealkylation sites (N-methyl/N-ethyl adjacent to an activating group) is 2. The van der Waals surface area contributed by atoms with Gasteiger partial charge in [-0.25, -0.2) is 4.99 Å². The van der Waals surface area contributed by atoms with Gasteiger partial charge in [-0.2, -0.15) is 0 Å². The number of aliphatic imine (C=N–C) groups is 1. The Morgan fingerprint density at radius 3 is 2.65 bits per heavy atom. The first-order valence-electron chi connectivity index (χ1n) is 8.95. The molecule has 0 spiro atoms. The van der Waals surface area contributed by atoms with Gasteiger partial charge in [-0.15, -0.1) is 0 Å². The molecule has 0 aromatic carbocycles. The molecule has 0 fully saturated rings. The third kappa shape index (κ3) is 10.0. The molecule has 1 rings (SSSR count). The Hall–Kier alpha value is -2.06. The molecule has 0 saturated carbocycles. The fourth-order valence-corrected chi connectivity index (χ4v) is 2.18. The van der Waals surface area contributed by atoms with Gasteiger partial charge in [0.25, 0.3) is 0 Å². The first kappa shape index (κ1) is 22.0. The average molecular weight is 367 g/mol. The van der Waals surface area contributed by atoms with Gasteiger partial charge >= 0.3 is 0 Å². The number of ether oxygens (including phenoxy) is 1. The van der Waals surface area contributed by atoms with Crippen molar-refractivity contribution in [3.63, 3.8) is 0 Å². The first-order valence-corrected chi connectivity index (χ1v) is 8.95. The summed E-state index contributed by atoms with van der Waals surface area (Å²) in [4.78, 5) is 19.9. The maximum atomic E-state index is 11.8. The molecule has 0 aliphatic carbocycles. The van der Waals surface area contributed by atoms with Crippen LogP contribution in [0.2, 0.25) is 0 Å². The Labute approximate surface area is 156 Å². The van der Waals surface area contributed by atoms with Crippen LogP contribution in [0.15, 0.2) is 27.8 Å². The second-order valence-corrected chi connectivity index (χ2v) is 6.29. The highest BCUT2D eigenvalue weighted by Gasteiger charge is 2.05. The third-order valence-corrected chi connectivity index (χ3v) is 3.79. The largest absolute Gasteiger partial charge is 0.469 e. The summed E-state index contributed by atoms with van der Waals surface area (Å²) < 4.78 is 10.4. The summed E-state index contributed by atoms with van der Waals surface area (Å²) in [6.07, 6.45) is 3.43. The van der Waals surface area contributed by atoms with Crippen LogP contribution >= 0.6 is 0 Å². The van der Waals surface area contributed by atoms with Crippen molar-refractivity contribution in [2.75, 3.05) is 67.6 Å². The zero-order chi connectivity index (χ0) is 19.2. The van der Waals surface area contributed by atoms with Crippen molar-refractivity contribution < 1.29 is 13.9 Å². The van der Waals surface area contributed by atoms with Gasteiger partial charge in [-0.1, -0.05) is 0 Å². The number of hydrogen-bond donors (Lipinski definition) is 2. The summed E-state index contributed by atoms with van der Waals surface area (Å²) in [6, 6.07) is 3.81. The standard InChI is InChI=1S/C18H33N5O3/c1-22(2)17(24)15-21-18(19-9-8-16-7-5-14-26-16)20-10-12-23(3)11-6-13-25-4/h5,7,14H,6,8-13,15H2,1-4H3,(H2,19,20,21). The van der Waals surface area contributed by atoms with Crippen molar-refractivity contribution in [3.05, 3.63) is 24.2 Å². The van der Waals surface area contributed by atoms with Crippen LogP contribution in [0.4, 0.5) is 0 Å². The number of nitrogens with zero attached hydrogens (tertiary/aromatic N) is 3. The van der Waals surface area contributed by atoms with E-state index in [0.717, 1.165) is 44.8 Å². The van der Waals surface area contributed by atoms with E-state index < -0.39 is 0 Å². The number of guanidine groups is 1. The zero-order valence-electron chi connectivity index (χ0n) is 16.5. The van der Waals surface area contributed by atoms with E-state index in [4.69, 9.17) is 9.15 Å². The van der Waals surface area contributed by atoms with Crippen LogP contribution in [0.25, 0.3) is 0 Å². The molecule has 8 nitrogen and oxygen atoms in total. The summed E-state index contributed by atoms with van der Waals surface area (Å²) in [5.41, 5.74) is 0. The number of nitrogens with one attached hydrogen (secondary N) is 2. The molecule has 1 aromatic rings. The monoisotopic (exact) mass is 367 g/mol. The lowest BCUT2D eigenvalue weighted by atomic mass is 10.3. The van der Waals surface area contributed by atoms with E-state index in [0.29, 0.717) is 12.5 Å². The average Bonchev–Trinajstić information content (AvgIpc) is 3.12. The van der Waals surface area contributed by atoms with Gasteiger partial charge in [0, 0.05) is 60.4 Å². The van der Waals surface area contributed by atoms with E-state index in [1.165, 1.54) is 4.90 Å². The van der Waals surface area contributed by atoms with Gasteiger partial charge in [0.2, 0.25) is 5.91 Å². The lowest BCUT2D eigenvalue weighted by Crippen LogP contribution is -2.42. The van der Waals surface area contributed by atoms with Crippen LogP contribution in [-0.2, 0) is 16.0 Å². The van der Waals surface area contributed by atoms with Crippen molar-refractivity contribution in [2.45, 2.75) is 12.8 Å². The number of rotatable bonds is 12. The van der Waals surface area contributed by atoms with E-state index in [9.17, 15) is 4.79 Å². The topological polar surface area (TPSA) is 82.3 Å². The second kappa shape index (κ2) is 13.2. The molecule has 1 heterocycles. The molecule has 0 radical (unpaired) electrons. The van der Waals surface area contributed by atoms with Gasteiger partial charge in [0.05, 0.1) is 6.26 Å². The molecule has 0 saturated heterocycles. The molecule has 0 bridgehead atoms. The SMILES string of the molecule is COCCCN(C)CCNC(=NCC(=O)N(C)C)NCCc1ccco1. The number of furan rings is 1. The molecule has 2 N–H and O–H groups in total. The van der Waals surface area contributed by atoms with Crippen LogP contribution in [0.1, 0.15) is 12.2 Å². The van der Waals surface area contributed by atoms with E-state index in [1.54, 1.807) is 27.5 Å². The third-order valence-electron chi connectivity index (χ3n) is 3.79. The highest BCUT2D eigenvalue weighted by atomic mass is 16.5. The van der Waals surface area contributed by atoms with E-state index in [2.05, 4.69) is 27.6 Å². The maximum absolute atomic E-state index is 11.8. The molecule has 148 valence electrons. The quantitative estimate of drug-likeness (QED) is 0.316. The summed E-state index contributed by atoms with van der Waals surface area (Å²) >= 11 is 0. The van der Waals surface area contributed by atoms with Crippen LogP contribution in [0.5, 0.6) is 0 Å². The van der Waals surface area contributed by atoms with E-state index in [-0.39, 0.29) is 12.5 Å². The second-order valence-electron chi connectivity index (χ2n) is 6.29. The molecule has 8 heteroatoms. The van der Waals surface area contributed by atoms with Crippen molar-refractivity contribution >= 4 is 11.9 Å². The van der Waals surface area contributed by atoms with Gasteiger partial charge in [-0.05, 0) is 25.6 Å². The number of carbonyl (C=O) groups excluding carboxylic acids is 1. The molecular formula is C18H33N5O3. The molecule has 0 aliphatic heterocycles. The molecule has 0 atom stereocenters. The summed E-state index contributed by atoms with van der Waals surface area (Å²) in [6.45, 7) is 4.17. The normalized spacial score (nSPS) is 11.7. The fraction of sp³-hybridized carbons (Fsp3) is 0.667. The minimum Gasteiger partial charge on any atom is -0.469 e. The zero-order valence-corrected chi connectivity index (χ0v) is 16.5. The minimum absolute atomic E-state index is 0.0335. The van der Waals surface area contributed by atoms with Gasteiger partial charge in [-0.3, -0.25) is 4.79 Å². The van der Waals surface area contributed by atoms with Gasteiger partial charge in [0.15, 0.2) is 5.96 Å². The van der Waals surface area contributed by atoms with Crippen LogP contribution in [-0.4, -0.2) is 89.3 Å². The van der Waals surface area contributed by atoms with Crippen LogP contribution in [0, 0.1) is 0 Å². The lowest BCUT2D eigenvalue weighted by molar-refractivity contribution is -0.127. The molecule has 0 unspecified atom stereocenters. The molecular weight excluding hydrogens is 334 g/mol. The van der Waals surface area contributed by atoms with E-state index in [1.807, 2.05) is 12.1 Å². The van der Waals surface area contributed by atoms with Gasteiger partial charge in [0.1, 0.15) is 12.3 Å². The highest BCUT2D eigenvalue weighted by Crippen LogP contribution is 1.99. The maximum Gasteiger partial charge on any atom is 0.243 e. The predicted octanol–water partition coefficient (Wildman–Crippen LogP) is 0.414. The summed E-state index contributed by atoms with van der Waals surface area (Å²) in [5.74, 6) is 1.52. The van der Waals surface area contributed by atoms with E-state index >= 15 is 0 Å². The van der Waals surface area contributed by atoms with Crippen molar-refractivity contribution in [3.8, 4) is 0 Å². The Bertz CT molecular complexity index is 517. The fourth-order valence-electron chi connectivity index (χ4n) is 2.18. The molecule has 1 amide bonds. The lowest BCUT2D eigenvalue weighted by Gasteiger charge is -2.18. The highest BCUT2D eigenvalue weighted by molar-refractivity contribution is 5.84.